The molecule has 23 heavy (non-hydrogen) atoms. The number of ether oxygens (including phenoxy) is 1. The first-order chi connectivity index (χ1) is 10.9. The maximum atomic E-state index is 12.4. The summed E-state index contributed by atoms with van der Waals surface area (Å²) < 4.78 is 43.2. The van der Waals surface area contributed by atoms with Gasteiger partial charge in [-0.3, -0.25) is 4.98 Å². The Balaban J connectivity index is 2.05. The summed E-state index contributed by atoms with van der Waals surface area (Å²) in [6.07, 6.45) is 1.14. The quantitative estimate of drug-likeness (QED) is 0.674. The van der Waals surface area contributed by atoms with Gasteiger partial charge in [0.05, 0.1) is 17.6 Å². The summed E-state index contributed by atoms with van der Waals surface area (Å²) in [5.74, 6) is -0.319. The molecule has 0 unspecified atom stereocenters. The van der Waals surface area contributed by atoms with Crippen LogP contribution in [-0.4, -0.2) is 21.1 Å². The summed E-state index contributed by atoms with van der Waals surface area (Å²) in [7, 11) is 0. The molecule has 0 spiro atoms. The van der Waals surface area contributed by atoms with E-state index in [2.05, 4.69) is 36.9 Å². The second-order valence-corrected chi connectivity index (χ2v) is 5.42. The van der Waals surface area contributed by atoms with Crippen LogP contribution in [0, 0.1) is 6.20 Å². The highest BCUT2D eigenvalue weighted by Gasteiger charge is 2.31. The number of benzene rings is 1. The van der Waals surface area contributed by atoms with Crippen molar-refractivity contribution in [2.24, 2.45) is 0 Å². The summed E-state index contributed by atoms with van der Waals surface area (Å²) in [5.41, 5.74) is 1.73. The van der Waals surface area contributed by atoms with Gasteiger partial charge in [-0.2, -0.15) is 5.10 Å². The van der Waals surface area contributed by atoms with E-state index in [4.69, 9.17) is 0 Å². The molecule has 0 aliphatic rings. The molecule has 2 aromatic heterocycles. The molecule has 4 nitrogen and oxygen atoms in total. The van der Waals surface area contributed by atoms with Crippen LogP contribution in [0.5, 0.6) is 5.75 Å². The number of nitrogens with zero attached hydrogens (tertiary/aromatic N) is 3. The predicted octanol–water partition coefficient (Wildman–Crippen LogP) is 4.40. The number of hydrogen-bond acceptors (Lipinski definition) is 3. The molecule has 1 aromatic carbocycles. The highest BCUT2D eigenvalue weighted by molar-refractivity contribution is 9.10. The largest absolute Gasteiger partial charge is 0.573 e. The summed E-state index contributed by atoms with van der Waals surface area (Å²) >= 11 is 3.19. The number of rotatable bonds is 3. The zero-order valence-corrected chi connectivity index (χ0v) is 13.0. The fourth-order valence-corrected chi connectivity index (χ4v) is 2.52. The van der Waals surface area contributed by atoms with E-state index in [-0.39, 0.29) is 5.75 Å². The minimum Gasteiger partial charge on any atom is -0.406 e. The lowest BCUT2D eigenvalue weighted by Crippen LogP contribution is -2.17. The predicted molar refractivity (Wildman–Crippen MR) is 80.0 cm³/mol. The van der Waals surface area contributed by atoms with E-state index in [9.17, 15) is 13.2 Å². The molecule has 2 heterocycles. The van der Waals surface area contributed by atoms with Gasteiger partial charge in [0, 0.05) is 16.2 Å². The molecule has 3 rings (SSSR count). The van der Waals surface area contributed by atoms with E-state index in [1.54, 1.807) is 36.7 Å². The van der Waals surface area contributed by atoms with Crippen molar-refractivity contribution < 1.29 is 17.9 Å². The van der Waals surface area contributed by atoms with E-state index in [0.717, 1.165) is 0 Å². The molecule has 3 aromatic rings. The molecule has 0 aliphatic carbocycles. The fourth-order valence-electron chi connectivity index (χ4n) is 2.05. The Bertz CT molecular complexity index is 818. The lowest BCUT2D eigenvalue weighted by atomic mass is 10.1. The van der Waals surface area contributed by atoms with Gasteiger partial charge in [-0.25, -0.2) is 4.68 Å². The van der Waals surface area contributed by atoms with Gasteiger partial charge < -0.3 is 4.74 Å². The van der Waals surface area contributed by atoms with Gasteiger partial charge in [-0.1, -0.05) is 15.9 Å². The molecule has 0 saturated carbocycles. The molecule has 0 fully saturated rings. The van der Waals surface area contributed by atoms with Crippen molar-refractivity contribution >= 4 is 15.9 Å². The molecule has 117 valence electrons. The van der Waals surface area contributed by atoms with Gasteiger partial charge in [0.15, 0.2) is 0 Å². The third-order valence-corrected chi connectivity index (χ3v) is 3.34. The molecule has 0 saturated heterocycles. The number of aromatic nitrogens is 3. The van der Waals surface area contributed by atoms with Gasteiger partial charge >= 0.3 is 6.36 Å². The zero-order chi connectivity index (χ0) is 16.4. The van der Waals surface area contributed by atoms with Crippen molar-refractivity contribution in [3.63, 3.8) is 0 Å². The zero-order valence-electron chi connectivity index (χ0n) is 11.4. The van der Waals surface area contributed by atoms with Gasteiger partial charge in [0.2, 0.25) is 0 Å². The second kappa shape index (κ2) is 6.04. The van der Waals surface area contributed by atoms with E-state index in [1.165, 1.54) is 16.8 Å². The minimum absolute atomic E-state index is 0.319. The fraction of sp³-hybridized carbons (Fsp3) is 0.0667. The highest BCUT2D eigenvalue weighted by Crippen LogP contribution is 2.32. The van der Waals surface area contributed by atoms with Crippen LogP contribution in [0.1, 0.15) is 0 Å². The molecule has 1 radical (unpaired) electrons. The second-order valence-electron chi connectivity index (χ2n) is 4.51. The smallest absolute Gasteiger partial charge is 0.406 e. The van der Waals surface area contributed by atoms with Crippen LogP contribution in [0.25, 0.3) is 16.9 Å². The van der Waals surface area contributed by atoms with Gasteiger partial charge in [-0.05, 0) is 36.4 Å². The maximum Gasteiger partial charge on any atom is 0.573 e. The first-order valence-corrected chi connectivity index (χ1v) is 7.15. The van der Waals surface area contributed by atoms with Crippen molar-refractivity contribution in [1.29, 1.82) is 0 Å². The number of pyridine rings is 1. The van der Waals surface area contributed by atoms with Crippen molar-refractivity contribution in [3.8, 4) is 22.7 Å². The first kappa shape index (κ1) is 15.5. The molecular weight excluding hydrogens is 375 g/mol. The number of alkyl halides is 3. The lowest BCUT2D eigenvalue weighted by Gasteiger charge is -2.12. The van der Waals surface area contributed by atoms with Crippen molar-refractivity contribution in [2.45, 2.75) is 6.36 Å². The molecule has 0 bridgehead atoms. The van der Waals surface area contributed by atoms with E-state index in [0.29, 0.717) is 21.4 Å². The van der Waals surface area contributed by atoms with Crippen LogP contribution in [0.2, 0.25) is 0 Å². The lowest BCUT2D eigenvalue weighted by molar-refractivity contribution is -0.274. The Hall–Kier alpha value is -2.35. The monoisotopic (exact) mass is 382 g/mol. The van der Waals surface area contributed by atoms with Crippen molar-refractivity contribution in [1.82, 2.24) is 14.8 Å². The molecule has 8 heteroatoms. The Morgan fingerprint density at radius 1 is 1.22 bits per heavy atom. The van der Waals surface area contributed by atoms with Crippen LogP contribution in [0.15, 0.2) is 53.3 Å². The van der Waals surface area contributed by atoms with Crippen LogP contribution >= 0.6 is 15.9 Å². The highest BCUT2D eigenvalue weighted by atomic mass is 79.9. The van der Waals surface area contributed by atoms with E-state index in [1.807, 2.05) is 0 Å². The molecular formula is C15H8BrF3N3O. The topological polar surface area (TPSA) is 39.9 Å². The third-order valence-electron chi connectivity index (χ3n) is 2.88. The SMILES string of the molecule is FC(F)(F)Oc1cc(Br)cc(-c2c[c]nn2-c2cccnc2)c1. The Morgan fingerprint density at radius 3 is 2.74 bits per heavy atom. The summed E-state index contributed by atoms with van der Waals surface area (Å²) in [4.78, 5) is 4.00. The molecule has 0 aliphatic heterocycles. The van der Waals surface area contributed by atoms with Crippen LogP contribution in [0.4, 0.5) is 13.2 Å². The Kier molecular flexibility index (Phi) is 4.08. The Labute approximate surface area is 137 Å². The van der Waals surface area contributed by atoms with Crippen molar-refractivity contribution in [2.75, 3.05) is 0 Å². The van der Waals surface area contributed by atoms with Gasteiger partial charge in [-0.15, -0.1) is 13.2 Å². The third kappa shape index (κ3) is 3.70. The molecule has 0 atom stereocenters. The normalized spacial score (nSPS) is 11.5. The van der Waals surface area contributed by atoms with Crippen LogP contribution in [-0.2, 0) is 0 Å². The molecule has 0 N–H and O–H groups in total. The van der Waals surface area contributed by atoms with E-state index >= 15 is 0 Å². The van der Waals surface area contributed by atoms with E-state index < -0.39 is 6.36 Å². The summed E-state index contributed by atoms with van der Waals surface area (Å²) in [6, 6.07) is 9.29. The summed E-state index contributed by atoms with van der Waals surface area (Å²) in [6.45, 7) is 0. The first-order valence-electron chi connectivity index (χ1n) is 6.35. The van der Waals surface area contributed by atoms with Crippen LogP contribution in [0.3, 0.4) is 0 Å². The Morgan fingerprint density at radius 2 is 2.04 bits per heavy atom. The standard InChI is InChI=1S/C15H8BrF3N3O/c16-11-6-10(7-13(8-11)23-15(17,18)19)14-3-5-21-22(14)12-2-1-4-20-9-12/h1-4,6-9H. The van der Waals surface area contributed by atoms with Gasteiger partial charge in [0.25, 0.3) is 0 Å². The number of hydrogen-bond donors (Lipinski definition) is 0. The maximum absolute atomic E-state index is 12.4. The minimum atomic E-state index is -4.76. The van der Waals surface area contributed by atoms with Crippen molar-refractivity contribution in [3.05, 3.63) is 59.5 Å². The number of halogens is 4. The summed E-state index contributed by atoms with van der Waals surface area (Å²) in [5, 5.41) is 4.07. The van der Waals surface area contributed by atoms with Gasteiger partial charge in [0.1, 0.15) is 11.9 Å². The molecule has 0 amide bonds. The van der Waals surface area contributed by atoms with Crippen LogP contribution < -0.4 is 4.74 Å². The average Bonchev–Trinajstić information content (AvgIpc) is 2.95. The average molecular weight is 383 g/mol.